The summed E-state index contributed by atoms with van der Waals surface area (Å²) >= 11 is 9.90. The molecule has 20 heavy (non-hydrogen) atoms. The minimum atomic E-state index is 0.228. The number of hydrogen-bond donors (Lipinski definition) is 1. The molecule has 2 aromatic rings. The molecule has 0 heterocycles. The van der Waals surface area contributed by atoms with Crippen molar-refractivity contribution in [2.45, 2.75) is 26.3 Å². The first-order chi connectivity index (χ1) is 9.61. The number of likely N-dealkylation sites (N-methyl/N-ethyl adjacent to an activating group) is 1. The largest absolute Gasteiger partial charge is 0.310 e. The van der Waals surface area contributed by atoms with E-state index in [1.54, 1.807) is 0 Å². The summed E-state index contributed by atoms with van der Waals surface area (Å²) in [5.74, 6) is 0. The Bertz CT molecular complexity index is 583. The Morgan fingerprint density at radius 3 is 2.65 bits per heavy atom. The number of aryl methyl sites for hydroxylation is 1. The lowest BCUT2D eigenvalue weighted by atomic mass is 9.96. The third-order valence-electron chi connectivity index (χ3n) is 3.47. The van der Waals surface area contributed by atoms with Gasteiger partial charge in [0.1, 0.15) is 0 Å². The van der Waals surface area contributed by atoms with Gasteiger partial charge < -0.3 is 5.32 Å². The quantitative estimate of drug-likeness (QED) is 0.769. The number of halogens is 2. The molecule has 0 fully saturated rings. The van der Waals surface area contributed by atoms with Crippen LogP contribution in [0.1, 0.15) is 29.7 Å². The van der Waals surface area contributed by atoms with E-state index in [1.807, 2.05) is 12.1 Å². The van der Waals surface area contributed by atoms with Gasteiger partial charge in [-0.15, -0.1) is 0 Å². The summed E-state index contributed by atoms with van der Waals surface area (Å²) in [6.45, 7) is 5.19. The molecule has 106 valence electrons. The standard InChI is InChI=1S/C17H19BrClN/c1-3-20-17(10-13-7-5-4-6-12(13)2)15-11-14(18)8-9-16(15)19/h4-9,11,17,20H,3,10H2,1-2H3. The summed E-state index contributed by atoms with van der Waals surface area (Å²) in [4.78, 5) is 0. The molecule has 1 atom stereocenters. The van der Waals surface area contributed by atoms with Crippen molar-refractivity contribution in [3.05, 3.63) is 68.7 Å². The zero-order valence-electron chi connectivity index (χ0n) is 11.8. The SMILES string of the molecule is CCNC(Cc1ccccc1C)c1cc(Br)ccc1Cl. The molecule has 0 radical (unpaired) electrons. The second-order valence-electron chi connectivity index (χ2n) is 4.91. The zero-order valence-corrected chi connectivity index (χ0v) is 14.1. The molecular weight excluding hydrogens is 334 g/mol. The van der Waals surface area contributed by atoms with Crippen LogP contribution in [0.4, 0.5) is 0 Å². The molecular formula is C17H19BrClN. The van der Waals surface area contributed by atoms with Crippen LogP contribution in [0.15, 0.2) is 46.9 Å². The van der Waals surface area contributed by atoms with Crippen LogP contribution in [-0.4, -0.2) is 6.54 Å². The van der Waals surface area contributed by atoms with Crippen LogP contribution in [0.2, 0.25) is 5.02 Å². The van der Waals surface area contributed by atoms with Crippen LogP contribution < -0.4 is 5.32 Å². The molecule has 3 heteroatoms. The van der Waals surface area contributed by atoms with E-state index in [9.17, 15) is 0 Å². The van der Waals surface area contributed by atoms with E-state index in [4.69, 9.17) is 11.6 Å². The van der Waals surface area contributed by atoms with Crippen molar-refractivity contribution in [3.63, 3.8) is 0 Å². The van der Waals surface area contributed by atoms with E-state index in [2.05, 4.69) is 65.4 Å². The normalized spacial score (nSPS) is 12.4. The number of rotatable bonds is 5. The third kappa shape index (κ3) is 3.85. The molecule has 1 unspecified atom stereocenters. The van der Waals surface area contributed by atoms with Crippen LogP contribution in [0.5, 0.6) is 0 Å². The van der Waals surface area contributed by atoms with Gasteiger partial charge in [0.15, 0.2) is 0 Å². The van der Waals surface area contributed by atoms with Gasteiger partial charge >= 0.3 is 0 Å². The molecule has 2 aromatic carbocycles. The molecule has 0 aromatic heterocycles. The first-order valence-electron chi connectivity index (χ1n) is 6.84. The van der Waals surface area contributed by atoms with Crippen molar-refractivity contribution in [3.8, 4) is 0 Å². The summed E-state index contributed by atoms with van der Waals surface area (Å²) in [7, 11) is 0. The molecule has 0 amide bonds. The number of nitrogens with one attached hydrogen (secondary N) is 1. The molecule has 0 saturated heterocycles. The molecule has 0 aliphatic carbocycles. The predicted octanol–water partition coefficient (Wildman–Crippen LogP) is 5.30. The molecule has 0 spiro atoms. The summed E-state index contributed by atoms with van der Waals surface area (Å²) in [5, 5.41) is 4.35. The van der Waals surface area contributed by atoms with Gasteiger partial charge in [0, 0.05) is 15.5 Å². The van der Waals surface area contributed by atoms with Crippen LogP contribution in [0, 0.1) is 6.92 Å². The van der Waals surface area contributed by atoms with Crippen LogP contribution in [0.25, 0.3) is 0 Å². The Morgan fingerprint density at radius 1 is 1.20 bits per heavy atom. The smallest absolute Gasteiger partial charge is 0.0454 e. The van der Waals surface area contributed by atoms with Crippen molar-refractivity contribution >= 4 is 27.5 Å². The topological polar surface area (TPSA) is 12.0 Å². The van der Waals surface area contributed by atoms with E-state index in [0.717, 1.165) is 28.0 Å². The van der Waals surface area contributed by atoms with Gasteiger partial charge in [-0.2, -0.15) is 0 Å². The minimum Gasteiger partial charge on any atom is -0.310 e. The molecule has 0 bridgehead atoms. The Hall–Kier alpha value is -0.830. The van der Waals surface area contributed by atoms with E-state index < -0.39 is 0 Å². The average molecular weight is 353 g/mol. The van der Waals surface area contributed by atoms with Crippen molar-refractivity contribution < 1.29 is 0 Å². The van der Waals surface area contributed by atoms with Gasteiger partial charge in [-0.3, -0.25) is 0 Å². The highest BCUT2D eigenvalue weighted by molar-refractivity contribution is 9.10. The predicted molar refractivity (Wildman–Crippen MR) is 90.5 cm³/mol. The van der Waals surface area contributed by atoms with Crippen LogP contribution >= 0.6 is 27.5 Å². The maximum Gasteiger partial charge on any atom is 0.0454 e. The lowest BCUT2D eigenvalue weighted by molar-refractivity contribution is 0.549. The molecule has 1 N–H and O–H groups in total. The van der Waals surface area contributed by atoms with Crippen molar-refractivity contribution in [2.24, 2.45) is 0 Å². The number of benzene rings is 2. The number of hydrogen-bond acceptors (Lipinski definition) is 1. The fourth-order valence-electron chi connectivity index (χ4n) is 2.38. The zero-order chi connectivity index (χ0) is 14.5. The highest BCUT2D eigenvalue weighted by Gasteiger charge is 2.15. The summed E-state index contributed by atoms with van der Waals surface area (Å²) in [5.41, 5.74) is 3.82. The fourth-order valence-corrected chi connectivity index (χ4v) is 3.01. The van der Waals surface area contributed by atoms with E-state index in [-0.39, 0.29) is 6.04 Å². The van der Waals surface area contributed by atoms with Gasteiger partial charge in [0.2, 0.25) is 0 Å². The Morgan fingerprint density at radius 2 is 1.95 bits per heavy atom. The second kappa shape index (κ2) is 7.26. The third-order valence-corrected chi connectivity index (χ3v) is 4.31. The molecule has 2 rings (SSSR count). The van der Waals surface area contributed by atoms with Gasteiger partial charge in [-0.1, -0.05) is 58.7 Å². The lowest BCUT2D eigenvalue weighted by Crippen LogP contribution is -2.23. The second-order valence-corrected chi connectivity index (χ2v) is 6.23. The van der Waals surface area contributed by atoms with Gasteiger partial charge in [-0.05, 0) is 54.8 Å². The highest BCUT2D eigenvalue weighted by Crippen LogP contribution is 2.29. The van der Waals surface area contributed by atoms with Crippen LogP contribution in [-0.2, 0) is 6.42 Å². The van der Waals surface area contributed by atoms with E-state index in [1.165, 1.54) is 11.1 Å². The van der Waals surface area contributed by atoms with Crippen molar-refractivity contribution in [1.82, 2.24) is 5.32 Å². The van der Waals surface area contributed by atoms with Gasteiger partial charge in [-0.25, -0.2) is 0 Å². The highest BCUT2D eigenvalue weighted by atomic mass is 79.9. The fraction of sp³-hybridized carbons (Fsp3) is 0.294. The first kappa shape index (κ1) is 15.6. The average Bonchev–Trinajstić information content (AvgIpc) is 2.43. The Balaban J connectivity index is 2.32. The Labute approximate surface area is 134 Å². The maximum absolute atomic E-state index is 6.37. The lowest BCUT2D eigenvalue weighted by Gasteiger charge is -2.21. The van der Waals surface area contributed by atoms with Crippen molar-refractivity contribution in [2.75, 3.05) is 6.54 Å². The molecule has 0 aliphatic rings. The van der Waals surface area contributed by atoms with E-state index in [0.29, 0.717) is 0 Å². The van der Waals surface area contributed by atoms with Gasteiger partial charge in [0.25, 0.3) is 0 Å². The Kier molecular flexibility index (Phi) is 5.64. The minimum absolute atomic E-state index is 0.228. The summed E-state index contributed by atoms with van der Waals surface area (Å²) in [6, 6.07) is 14.8. The van der Waals surface area contributed by atoms with Gasteiger partial charge in [0.05, 0.1) is 0 Å². The van der Waals surface area contributed by atoms with Crippen LogP contribution in [0.3, 0.4) is 0 Å². The molecule has 0 aliphatic heterocycles. The monoisotopic (exact) mass is 351 g/mol. The molecule has 1 nitrogen and oxygen atoms in total. The maximum atomic E-state index is 6.37. The van der Waals surface area contributed by atoms with Crippen molar-refractivity contribution in [1.29, 1.82) is 0 Å². The first-order valence-corrected chi connectivity index (χ1v) is 8.01. The summed E-state index contributed by atoms with van der Waals surface area (Å²) < 4.78 is 1.06. The summed E-state index contributed by atoms with van der Waals surface area (Å²) in [6.07, 6.45) is 0.941. The molecule has 0 saturated carbocycles. The van der Waals surface area contributed by atoms with E-state index >= 15 is 0 Å².